The van der Waals surface area contributed by atoms with Crippen LogP contribution >= 0.6 is 0 Å². The van der Waals surface area contributed by atoms with Crippen LogP contribution in [0.15, 0.2) is 29.3 Å². The first kappa shape index (κ1) is 15.6. The molecule has 2 rings (SSSR count). The maximum absolute atomic E-state index is 12.0. The van der Waals surface area contributed by atoms with Gasteiger partial charge in [0.25, 0.3) is 0 Å². The highest BCUT2D eigenvalue weighted by Crippen LogP contribution is 2.24. The third-order valence-corrected chi connectivity index (χ3v) is 3.10. The number of carbonyl (C=O) groups is 1. The van der Waals surface area contributed by atoms with Crippen LogP contribution < -0.4 is 4.74 Å². The highest BCUT2D eigenvalue weighted by molar-refractivity contribution is 6.02. The van der Waals surface area contributed by atoms with Gasteiger partial charge >= 0.3 is 5.97 Å². The molecule has 0 aliphatic carbocycles. The number of nitrogens with zero attached hydrogens (tertiary/aromatic N) is 1. The van der Waals surface area contributed by atoms with Crippen molar-refractivity contribution in [2.75, 3.05) is 13.7 Å². The minimum Gasteiger partial charge on any atom is -0.497 e. The number of aromatic nitrogens is 1. The summed E-state index contributed by atoms with van der Waals surface area (Å²) < 4.78 is 10.1. The van der Waals surface area contributed by atoms with Gasteiger partial charge in [0.15, 0.2) is 5.88 Å². The SMILES string of the molecule is CCOC(=O)c1c(C)[nH]c(O)c1C=Nc1ccc(OC)cc1. The second-order valence-corrected chi connectivity index (χ2v) is 4.56. The van der Waals surface area contributed by atoms with Crippen molar-refractivity contribution in [3.8, 4) is 11.6 Å². The number of aryl methyl sites for hydroxylation is 1. The van der Waals surface area contributed by atoms with Crippen molar-refractivity contribution in [2.45, 2.75) is 13.8 Å². The Morgan fingerprint density at radius 1 is 1.36 bits per heavy atom. The van der Waals surface area contributed by atoms with Crippen molar-refractivity contribution in [2.24, 2.45) is 4.99 Å². The summed E-state index contributed by atoms with van der Waals surface area (Å²) >= 11 is 0. The fourth-order valence-corrected chi connectivity index (χ4v) is 2.03. The lowest BCUT2D eigenvalue weighted by atomic mass is 10.1. The van der Waals surface area contributed by atoms with Gasteiger partial charge in [-0.25, -0.2) is 4.79 Å². The van der Waals surface area contributed by atoms with Crippen LogP contribution in [0, 0.1) is 6.92 Å². The smallest absolute Gasteiger partial charge is 0.340 e. The minimum absolute atomic E-state index is 0.113. The first-order valence-electron chi connectivity index (χ1n) is 6.83. The van der Waals surface area contributed by atoms with E-state index in [0.717, 1.165) is 5.75 Å². The largest absolute Gasteiger partial charge is 0.497 e. The van der Waals surface area contributed by atoms with Gasteiger partial charge < -0.3 is 19.6 Å². The number of esters is 1. The molecule has 0 saturated carbocycles. The van der Waals surface area contributed by atoms with Crippen LogP contribution in [0.4, 0.5) is 5.69 Å². The molecule has 0 spiro atoms. The zero-order valence-electron chi connectivity index (χ0n) is 12.7. The van der Waals surface area contributed by atoms with E-state index in [4.69, 9.17) is 9.47 Å². The molecular weight excluding hydrogens is 284 g/mol. The number of rotatable bonds is 5. The van der Waals surface area contributed by atoms with E-state index in [0.29, 0.717) is 16.9 Å². The Morgan fingerprint density at radius 2 is 2.05 bits per heavy atom. The number of aromatic amines is 1. The molecule has 6 nitrogen and oxygen atoms in total. The van der Waals surface area contributed by atoms with Gasteiger partial charge in [-0.05, 0) is 38.1 Å². The summed E-state index contributed by atoms with van der Waals surface area (Å²) in [4.78, 5) is 18.9. The van der Waals surface area contributed by atoms with Crippen LogP contribution in [0.2, 0.25) is 0 Å². The van der Waals surface area contributed by atoms with Crippen molar-refractivity contribution >= 4 is 17.9 Å². The van der Waals surface area contributed by atoms with E-state index in [9.17, 15) is 9.90 Å². The Hall–Kier alpha value is -2.76. The number of nitrogens with one attached hydrogen (secondary N) is 1. The summed E-state index contributed by atoms with van der Waals surface area (Å²) in [7, 11) is 1.59. The molecule has 22 heavy (non-hydrogen) atoms. The average Bonchev–Trinajstić information content (AvgIpc) is 2.79. The summed E-state index contributed by atoms with van der Waals surface area (Å²) in [5, 5.41) is 9.91. The van der Waals surface area contributed by atoms with Crippen LogP contribution in [-0.2, 0) is 4.74 Å². The van der Waals surface area contributed by atoms with Crippen molar-refractivity contribution in [1.29, 1.82) is 0 Å². The zero-order valence-corrected chi connectivity index (χ0v) is 12.7. The Bertz CT molecular complexity index is 687. The van der Waals surface area contributed by atoms with Gasteiger partial charge in [0.2, 0.25) is 0 Å². The molecule has 0 bridgehead atoms. The maximum Gasteiger partial charge on any atom is 0.340 e. The Kier molecular flexibility index (Phi) is 4.83. The Balaban J connectivity index is 2.31. The van der Waals surface area contributed by atoms with Crippen molar-refractivity contribution in [3.63, 3.8) is 0 Å². The lowest BCUT2D eigenvalue weighted by Gasteiger charge is -2.02. The summed E-state index contributed by atoms with van der Waals surface area (Å²) in [5.74, 6) is 0.122. The number of methoxy groups -OCH3 is 1. The van der Waals surface area contributed by atoms with E-state index in [-0.39, 0.29) is 18.1 Å². The summed E-state index contributed by atoms with van der Waals surface area (Å²) in [5.41, 5.74) is 1.81. The van der Waals surface area contributed by atoms with Gasteiger partial charge in [0.05, 0.1) is 30.5 Å². The first-order valence-corrected chi connectivity index (χ1v) is 6.83. The monoisotopic (exact) mass is 302 g/mol. The normalized spacial score (nSPS) is 10.9. The van der Waals surface area contributed by atoms with E-state index in [1.807, 2.05) is 0 Å². The molecule has 0 saturated heterocycles. The van der Waals surface area contributed by atoms with E-state index >= 15 is 0 Å². The molecule has 0 aliphatic heterocycles. The van der Waals surface area contributed by atoms with Gasteiger partial charge in [-0.1, -0.05) is 0 Å². The molecule has 2 aromatic rings. The summed E-state index contributed by atoms with van der Waals surface area (Å²) in [6.07, 6.45) is 1.44. The predicted octanol–water partition coefficient (Wildman–Crippen LogP) is 2.96. The molecule has 0 unspecified atom stereocenters. The molecule has 0 amide bonds. The second-order valence-electron chi connectivity index (χ2n) is 4.56. The fourth-order valence-electron chi connectivity index (χ4n) is 2.03. The number of carbonyl (C=O) groups excluding carboxylic acids is 1. The lowest BCUT2D eigenvalue weighted by Crippen LogP contribution is -2.07. The van der Waals surface area contributed by atoms with Crippen LogP contribution in [0.3, 0.4) is 0 Å². The number of H-pyrrole nitrogens is 1. The number of hydrogen-bond donors (Lipinski definition) is 2. The number of aliphatic imine (C=N–C) groups is 1. The number of ether oxygens (including phenoxy) is 2. The molecule has 0 radical (unpaired) electrons. The molecule has 1 aromatic heterocycles. The molecule has 0 aliphatic rings. The molecular formula is C16H18N2O4. The molecule has 1 aromatic carbocycles. The topological polar surface area (TPSA) is 83.9 Å². The standard InChI is InChI=1S/C16H18N2O4/c1-4-22-16(20)14-10(2)18-15(19)13(14)9-17-11-5-7-12(21-3)8-6-11/h5-9,18-19H,4H2,1-3H3. The fraction of sp³-hybridized carbons (Fsp3) is 0.250. The molecule has 0 atom stereocenters. The first-order chi connectivity index (χ1) is 10.6. The Labute approximate surface area is 128 Å². The lowest BCUT2D eigenvalue weighted by molar-refractivity contribution is 0.0525. The van der Waals surface area contributed by atoms with Crippen LogP contribution in [0.25, 0.3) is 0 Å². The second kappa shape index (κ2) is 6.80. The van der Waals surface area contributed by atoms with E-state index in [2.05, 4.69) is 9.98 Å². The third-order valence-electron chi connectivity index (χ3n) is 3.10. The number of hydrogen-bond acceptors (Lipinski definition) is 5. The van der Waals surface area contributed by atoms with Gasteiger partial charge in [-0.2, -0.15) is 0 Å². The van der Waals surface area contributed by atoms with E-state index in [1.54, 1.807) is 45.2 Å². The molecule has 116 valence electrons. The minimum atomic E-state index is -0.493. The van der Waals surface area contributed by atoms with Gasteiger partial charge in [-0.15, -0.1) is 0 Å². The van der Waals surface area contributed by atoms with Crippen molar-refractivity contribution < 1.29 is 19.4 Å². The van der Waals surface area contributed by atoms with Crippen molar-refractivity contribution in [1.82, 2.24) is 4.98 Å². The highest BCUT2D eigenvalue weighted by Gasteiger charge is 2.20. The Morgan fingerprint density at radius 3 is 2.64 bits per heavy atom. The number of benzene rings is 1. The van der Waals surface area contributed by atoms with Crippen LogP contribution in [0.5, 0.6) is 11.6 Å². The zero-order chi connectivity index (χ0) is 16.1. The van der Waals surface area contributed by atoms with Gasteiger partial charge in [0.1, 0.15) is 5.75 Å². The van der Waals surface area contributed by atoms with Crippen LogP contribution in [0.1, 0.15) is 28.5 Å². The highest BCUT2D eigenvalue weighted by atomic mass is 16.5. The van der Waals surface area contributed by atoms with Crippen molar-refractivity contribution in [3.05, 3.63) is 41.1 Å². The van der Waals surface area contributed by atoms with Gasteiger partial charge in [-0.3, -0.25) is 4.99 Å². The quantitative estimate of drug-likeness (QED) is 0.657. The molecule has 1 heterocycles. The average molecular weight is 302 g/mol. The van der Waals surface area contributed by atoms with Crippen LogP contribution in [-0.4, -0.2) is 36.0 Å². The molecule has 0 fully saturated rings. The van der Waals surface area contributed by atoms with E-state index in [1.165, 1.54) is 6.21 Å². The third kappa shape index (κ3) is 3.28. The number of aromatic hydroxyl groups is 1. The maximum atomic E-state index is 12.0. The molecule has 2 N–H and O–H groups in total. The summed E-state index contributed by atoms with van der Waals surface area (Å²) in [6, 6.07) is 7.11. The predicted molar refractivity (Wildman–Crippen MR) is 83.4 cm³/mol. The molecule has 6 heteroatoms. The summed E-state index contributed by atoms with van der Waals surface area (Å²) in [6.45, 7) is 3.68. The van der Waals surface area contributed by atoms with Gasteiger partial charge in [0, 0.05) is 11.9 Å². The van der Waals surface area contributed by atoms with E-state index < -0.39 is 5.97 Å².